The van der Waals surface area contributed by atoms with Gasteiger partial charge in [0.05, 0.1) is 4.88 Å². The summed E-state index contributed by atoms with van der Waals surface area (Å²) in [4.78, 5) is 12.9. The van der Waals surface area contributed by atoms with Crippen molar-refractivity contribution in [3.63, 3.8) is 0 Å². The molecule has 2 aromatic heterocycles. The lowest BCUT2D eigenvalue weighted by atomic mass is 10.3. The smallest absolute Gasteiger partial charge is 0.266 e. The second-order valence-corrected chi connectivity index (χ2v) is 6.41. The highest BCUT2D eigenvalue weighted by Crippen LogP contribution is 2.19. The van der Waals surface area contributed by atoms with Crippen molar-refractivity contribution in [3.8, 4) is 5.75 Å². The summed E-state index contributed by atoms with van der Waals surface area (Å²) < 4.78 is 20.3. The zero-order chi connectivity index (χ0) is 17.8. The number of nitrogens with zero attached hydrogens (tertiary/aromatic N) is 2. The molecule has 3 aromatic rings. The van der Waals surface area contributed by atoms with Crippen molar-refractivity contribution in [1.29, 1.82) is 0 Å². The topological polar surface area (TPSA) is 56.2 Å². The van der Waals surface area contributed by atoms with Gasteiger partial charge >= 0.3 is 0 Å². The van der Waals surface area contributed by atoms with Gasteiger partial charge in [-0.25, -0.2) is 4.39 Å². The Morgan fingerprint density at radius 2 is 2.08 bits per heavy atom. The van der Waals surface area contributed by atoms with Gasteiger partial charge in [-0.1, -0.05) is 0 Å². The van der Waals surface area contributed by atoms with Crippen molar-refractivity contribution >= 4 is 23.1 Å². The van der Waals surface area contributed by atoms with Gasteiger partial charge in [0, 0.05) is 23.9 Å². The first-order valence-corrected chi connectivity index (χ1v) is 8.74. The average Bonchev–Trinajstić information content (AvgIpc) is 3.21. The summed E-state index contributed by atoms with van der Waals surface area (Å²) in [5.41, 5.74) is 1.88. The van der Waals surface area contributed by atoms with Crippen LogP contribution in [-0.2, 0) is 13.2 Å². The number of rotatable bonds is 6. The molecule has 0 saturated heterocycles. The highest BCUT2D eigenvalue weighted by Gasteiger charge is 2.12. The van der Waals surface area contributed by atoms with E-state index in [0.29, 0.717) is 23.1 Å². The van der Waals surface area contributed by atoms with E-state index in [4.69, 9.17) is 4.74 Å². The third-order valence-corrected chi connectivity index (χ3v) is 4.60. The molecule has 0 aliphatic rings. The van der Waals surface area contributed by atoms with E-state index in [1.807, 2.05) is 30.0 Å². The van der Waals surface area contributed by atoms with Gasteiger partial charge in [0.25, 0.3) is 5.91 Å². The third-order valence-electron chi connectivity index (χ3n) is 3.62. The number of carbonyl (C=O) groups is 1. The van der Waals surface area contributed by atoms with E-state index in [1.54, 1.807) is 18.2 Å². The first kappa shape index (κ1) is 17.2. The molecule has 3 rings (SSSR count). The Hall–Kier alpha value is -2.67. The minimum atomic E-state index is -0.303. The van der Waals surface area contributed by atoms with Crippen molar-refractivity contribution in [2.75, 3.05) is 5.32 Å². The maximum Gasteiger partial charge on any atom is 0.266 e. The molecule has 7 heteroatoms. The van der Waals surface area contributed by atoms with Crippen LogP contribution in [0.25, 0.3) is 0 Å². The van der Waals surface area contributed by atoms with Gasteiger partial charge in [0.15, 0.2) is 5.82 Å². The largest absolute Gasteiger partial charge is 0.489 e. The molecular formula is C18H18FN3O2S. The van der Waals surface area contributed by atoms with E-state index in [2.05, 4.69) is 10.4 Å². The first-order valence-electron chi connectivity index (χ1n) is 7.86. The lowest BCUT2D eigenvalue weighted by Gasteiger charge is -2.04. The number of hydrogen-bond donors (Lipinski definition) is 1. The van der Waals surface area contributed by atoms with Crippen LogP contribution in [0.15, 0.2) is 41.8 Å². The number of amides is 1. The van der Waals surface area contributed by atoms with Crippen molar-refractivity contribution in [2.24, 2.45) is 0 Å². The van der Waals surface area contributed by atoms with Gasteiger partial charge in [0.2, 0.25) is 0 Å². The summed E-state index contributed by atoms with van der Waals surface area (Å²) in [7, 11) is 0. The van der Waals surface area contributed by atoms with Crippen molar-refractivity contribution in [3.05, 3.63) is 63.7 Å². The van der Waals surface area contributed by atoms with Crippen molar-refractivity contribution in [1.82, 2.24) is 9.78 Å². The predicted molar refractivity (Wildman–Crippen MR) is 95.6 cm³/mol. The fourth-order valence-corrected chi connectivity index (χ4v) is 3.13. The minimum Gasteiger partial charge on any atom is -0.489 e. The van der Waals surface area contributed by atoms with E-state index < -0.39 is 0 Å². The Morgan fingerprint density at radius 1 is 1.32 bits per heavy atom. The second-order valence-electron chi connectivity index (χ2n) is 5.50. The molecule has 0 fully saturated rings. The van der Waals surface area contributed by atoms with Crippen molar-refractivity contribution in [2.45, 2.75) is 27.0 Å². The Kier molecular flexibility index (Phi) is 5.14. The van der Waals surface area contributed by atoms with E-state index >= 15 is 0 Å². The number of halogens is 1. The average molecular weight is 359 g/mol. The van der Waals surface area contributed by atoms with Gasteiger partial charge in [-0.05, 0) is 49.6 Å². The first-order chi connectivity index (χ1) is 12.0. The molecule has 0 radical (unpaired) electrons. The van der Waals surface area contributed by atoms with Crippen LogP contribution >= 0.6 is 11.3 Å². The van der Waals surface area contributed by atoms with Gasteiger partial charge in [-0.3, -0.25) is 9.48 Å². The number of carbonyl (C=O) groups excluding carboxylic acids is 1. The monoisotopic (exact) mass is 359 g/mol. The number of anilines is 1. The quantitative estimate of drug-likeness (QED) is 0.716. The third kappa shape index (κ3) is 4.24. The molecule has 5 nitrogen and oxygen atoms in total. The highest BCUT2D eigenvalue weighted by molar-refractivity contribution is 7.12. The summed E-state index contributed by atoms with van der Waals surface area (Å²) in [6.07, 6.45) is 0. The number of thiophene rings is 1. The Labute approximate surface area is 149 Å². The number of benzene rings is 1. The maximum atomic E-state index is 12.9. The van der Waals surface area contributed by atoms with Crippen LogP contribution in [-0.4, -0.2) is 15.7 Å². The number of nitrogens with one attached hydrogen (secondary N) is 1. The molecule has 0 spiro atoms. The molecule has 0 bridgehead atoms. The number of hydrogen-bond acceptors (Lipinski definition) is 4. The van der Waals surface area contributed by atoms with Crippen LogP contribution in [0.2, 0.25) is 0 Å². The summed E-state index contributed by atoms with van der Waals surface area (Å²) in [6.45, 7) is 5.02. The number of aryl methyl sites for hydroxylation is 2. The molecule has 2 heterocycles. The van der Waals surface area contributed by atoms with Crippen LogP contribution in [0.4, 0.5) is 10.2 Å². The molecule has 25 heavy (non-hydrogen) atoms. The summed E-state index contributed by atoms with van der Waals surface area (Å²) >= 11 is 1.34. The summed E-state index contributed by atoms with van der Waals surface area (Å²) in [5, 5.41) is 8.99. The van der Waals surface area contributed by atoms with E-state index in [-0.39, 0.29) is 11.7 Å². The van der Waals surface area contributed by atoms with Gasteiger partial charge in [-0.15, -0.1) is 11.3 Å². The standard InChI is InChI=1S/C18H18FN3O2S/c1-3-22-12(2)8-17(21-22)20-18(23)16-9-13(11-25-16)10-24-15-6-4-14(19)5-7-15/h4-9,11H,3,10H2,1-2H3,(H,20,21,23). The maximum absolute atomic E-state index is 12.9. The fourth-order valence-electron chi connectivity index (χ4n) is 2.34. The second kappa shape index (κ2) is 7.48. The molecule has 0 saturated carbocycles. The van der Waals surface area contributed by atoms with Crippen LogP contribution in [0.5, 0.6) is 5.75 Å². The molecule has 130 valence electrons. The summed E-state index contributed by atoms with van der Waals surface area (Å²) in [6, 6.07) is 9.46. The fraction of sp³-hybridized carbons (Fsp3) is 0.222. The Bertz CT molecular complexity index is 871. The van der Waals surface area contributed by atoms with E-state index in [1.165, 1.54) is 23.5 Å². The minimum absolute atomic E-state index is 0.196. The number of aromatic nitrogens is 2. The van der Waals surface area contributed by atoms with Crippen LogP contribution in [0.3, 0.4) is 0 Å². The van der Waals surface area contributed by atoms with Crippen LogP contribution in [0, 0.1) is 12.7 Å². The zero-order valence-corrected chi connectivity index (χ0v) is 14.8. The SMILES string of the molecule is CCn1nc(NC(=O)c2cc(COc3ccc(F)cc3)cs2)cc1C. The van der Waals surface area contributed by atoms with Crippen molar-refractivity contribution < 1.29 is 13.9 Å². The molecule has 0 aliphatic heterocycles. The van der Waals surface area contributed by atoms with E-state index in [0.717, 1.165) is 17.8 Å². The lowest BCUT2D eigenvalue weighted by molar-refractivity contribution is 0.103. The molecule has 1 N–H and O–H groups in total. The van der Waals surface area contributed by atoms with Gasteiger partial charge < -0.3 is 10.1 Å². The summed E-state index contributed by atoms with van der Waals surface area (Å²) in [5.74, 6) is 0.627. The molecule has 1 aromatic carbocycles. The van der Waals surface area contributed by atoms with E-state index in [9.17, 15) is 9.18 Å². The van der Waals surface area contributed by atoms with Gasteiger partial charge in [0.1, 0.15) is 18.2 Å². The predicted octanol–water partition coefficient (Wildman–Crippen LogP) is 4.24. The zero-order valence-electron chi connectivity index (χ0n) is 14.0. The Balaban J connectivity index is 1.60. The van der Waals surface area contributed by atoms with Gasteiger partial charge in [-0.2, -0.15) is 5.10 Å². The highest BCUT2D eigenvalue weighted by atomic mass is 32.1. The number of ether oxygens (including phenoxy) is 1. The molecule has 0 aliphatic carbocycles. The lowest BCUT2D eigenvalue weighted by Crippen LogP contribution is -2.11. The molecule has 0 atom stereocenters. The normalized spacial score (nSPS) is 10.7. The Morgan fingerprint density at radius 3 is 2.76 bits per heavy atom. The molecular weight excluding hydrogens is 341 g/mol. The molecule has 0 unspecified atom stereocenters. The van der Waals surface area contributed by atoms with Crippen LogP contribution < -0.4 is 10.1 Å². The van der Waals surface area contributed by atoms with Crippen LogP contribution in [0.1, 0.15) is 27.9 Å². The molecule has 1 amide bonds.